The second-order valence-electron chi connectivity index (χ2n) is 13.0. The summed E-state index contributed by atoms with van der Waals surface area (Å²) < 4.78 is 12.7. The molecule has 3 heterocycles. The van der Waals surface area contributed by atoms with Gasteiger partial charge in [0.25, 0.3) is 0 Å². The molecule has 32 heavy (non-hydrogen) atoms. The van der Waals surface area contributed by atoms with E-state index >= 15 is 0 Å². The van der Waals surface area contributed by atoms with Crippen LogP contribution in [0.25, 0.3) is 0 Å². The van der Waals surface area contributed by atoms with Crippen LogP contribution in [-0.2, 0) is 14.1 Å². The summed E-state index contributed by atoms with van der Waals surface area (Å²) in [5.74, 6) is 0.289. The van der Waals surface area contributed by atoms with Crippen LogP contribution >= 0.6 is 0 Å². The van der Waals surface area contributed by atoms with Crippen molar-refractivity contribution >= 4 is 13.0 Å². The van der Waals surface area contributed by atoms with E-state index in [-0.39, 0.29) is 24.2 Å². The first kappa shape index (κ1) is 21.4. The molecule has 174 valence electrons. The number of hydrogen-bond acceptors (Lipinski definition) is 4. The molecule has 0 bridgehead atoms. The molecule has 0 aromatic rings. The number of allylic oxidation sites excluding steroid dienone is 2. The highest BCUT2D eigenvalue weighted by molar-refractivity contribution is 6.54. The van der Waals surface area contributed by atoms with Crippen LogP contribution in [0.2, 0.25) is 0 Å². The molecular weight excluding hydrogens is 399 g/mol. The molecule has 6 aliphatic rings. The average Bonchev–Trinajstić information content (AvgIpc) is 3.18. The molecule has 4 fully saturated rings. The predicted octanol–water partition coefficient (Wildman–Crippen LogP) is 4.48. The molecule has 0 unspecified atom stereocenters. The Labute approximate surface area is 193 Å². The van der Waals surface area contributed by atoms with Gasteiger partial charge in [-0.1, -0.05) is 0 Å². The lowest BCUT2D eigenvalue weighted by Crippen LogP contribution is -2.54. The van der Waals surface area contributed by atoms with Gasteiger partial charge in [0.15, 0.2) is 0 Å². The first-order chi connectivity index (χ1) is 14.9. The van der Waals surface area contributed by atoms with Gasteiger partial charge in [0.05, 0.1) is 16.6 Å². The third-order valence-corrected chi connectivity index (χ3v) is 10.0. The fourth-order valence-corrected chi connectivity index (χ4v) is 6.60. The molecule has 5 nitrogen and oxygen atoms in total. The molecule has 0 aromatic heterocycles. The Morgan fingerprint density at radius 3 is 2.19 bits per heavy atom. The summed E-state index contributed by atoms with van der Waals surface area (Å²) in [7, 11) is -0.316. The minimum absolute atomic E-state index is 0.289. The van der Waals surface area contributed by atoms with Crippen molar-refractivity contribution in [3.63, 3.8) is 0 Å². The molecule has 1 spiro atoms. The van der Waals surface area contributed by atoms with Crippen LogP contribution < -0.4 is 0 Å². The van der Waals surface area contributed by atoms with Crippen LogP contribution in [0.3, 0.4) is 0 Å². The molecule has 0 N–H and O–H groups in total. The molecule has 1 amide bonds. The lowest BCUT2D eigenvalue weighted by molar-refractivity contribution is -0.138. The average molecular weight is 438 g/mol. The van der Waals surface area contributed by atoms with E-state index in [9.17, 15) is 4.79 Å². The first-order valence-corrected chi connectivity index (χ1v) is 12.8. The van der Waals surface area contributed by atoms with Gasteiger partial charge in [-0.05, 0) is 116 Å². The van der Waals surface area contributed by atoms with Gasteiger partial charge in [0.2, 0.25) is 5.91 Å². The van der Waals surface area contributed by atoms with Crippen LogP contribution in [0.5, 0.6) is 0 Å². The smallest absolute Gasteiger partial charge is 0.400 e. The van der Waals surface area contributed by atoms with Crippen LogP contribution in [0.1, 0.15) is 86.5 Å². The van der Waals surface area contributed by atoms with E-state index in [4.69, 9.17) is 9.31 Å². The van der Waals surface area contributed by atoms with E-state index < -0.39 is 5.41 Å². The Bertz CT molecular complexity index is 907. The SMILES string of the molecule is CC1(C)C(=O)N(C2CC(N3CCC4(CC4)C3)C2)C2=C1CCC(B1OC(C)(C)C(C)(C)O1)=C2. The summed E-state index contributed by atoms with van der Waals surface area (Å²) in [5.41, 5.74) is 3.24. The highest BCUT2D eigenvalue weighted by Crippen LogP contribution is 2.55. The summed E-state index contributed by atoms with van der Waals surface area (Å²) in [6, 6.07) is 1.000. The molecule has 2 saturated heterocycles. The monoisotopic (exact) mass is 438 g/mol. The zero-order valence-electron chi connectivity index (χ0n) is 20.8. The number of nitrogens with zero attached hydrogens (tertiary/aromatic N) is 2. The minimum Gasteiger partial charge on any atom is -0.400 e. The second-order valence-corrected chi connectivity index (χ2v) is 13.0. The van der Waals surface area contributed by atoms with Crippen molar-refractivity contribution in [3.8, 4) is 0 Å². The molecule has 0 radical (unpaired) electrons. The van der Waals surface area contributed by atoms with E-state index in [2.05, 4.69) is 57.4 Å². The van der Waals surface area contributed by atoms with Crippen LogP contribution in [0.15, 0.2) is 22.8 Å². The van der Waals surface area contributed by atoms with E-state index in [0.29, 0.717) is 17.5 Å². The Morgan fingerprint density at radius 2 is 1.59 bits per heavy atom. The second kappa shape index (κ2) is 6.52. The Kier molecular flexibility index (Phi) is 4.36. The third kappa shape index (κ3) is 2.98. The van der Waals surface area contributed by atoms with Gasteiger partial charge in [-0.3, -0.25) is 9.69 Å². The lowest BCUT2D eigenvalue weighted by Gasteiger charge is -2.46. The molecular formula is C26H39BN2O3. The standard InChI is InChI=1S/C26H39BN2O3/c1-23(2)20-8-7-17(27-31-24(3,4)25(5,6)32-27)13-21(20)29(22(23)30)19-14-18(15-19)28-12-11-26(16-28)9-10-26/h13,18-19H,7-12,14-16H2,1-6H3. The normalized spacial score (nSPS) is 36.6. The van der Waals surface area contributed by atoms with Gasteiger partial charge in [-0.15, -0.1) is 0 Å². The fourth-order valence-electron chi connectivity index (χ4n) is 6.60. The van der Waals surface area contributed by atoms with Gasteiger partial charge in [0, 0.05) is 24.3 Å². The number of carbonyl (C=O) groups is 1. The van der Waals surface area contributed by atoms with Gasteiger partial charge >= 0.3 is 7.12 Å². The zero-order valence-corrected chi connectivity index (χ0v) is 20.8. The fraction of sp³-hybridized carbons (Fsp3) is 0.808. The minimum atomic E-state index is -0.399. The van der Waals surface area contributed by atoms with Crippen molar-refractivity contribution in [2.75, 3.05) is 13.1 Å². The van der Waals surface area contributed by atoms with Gasteiger partial charge < -0.3 is 14.2 Å². The van der Waals surface area contributed by atoms with Crippen LogP contribution in [-0.4, -0.2) is 59.2 Å². The van der Waals surface area contributed by atoms with E-state index in [1.54, 1.807) is 0 Å². The summed E-state index contributed by atoms with van der Waals surface area (Å²) in [4.78, 5) is 18.5. The van der Waals surface area contributed by atoms with Crippen LogP contribution in [0, 0.1) is 10.8 Å². The maximum absolute atomic E-state index is 13.6. The van der Waals surface area contributed by atoms with E-state index in [1.165, 1.54) is 43.4 Å². The molecule has 3 aliphatic carbocycles. The van der Waals surface area contributed by atoms with Crippen molar-refractivity contribution in [2.45, 2.75) is 110 Å². The largest absolute Gasteiger partial charge is 0.490 e. The van der Waals surface area contributed by atoms with Crippen molar-refractivity contribution < 1.29 is 14.1 Å². The number of carbonyl (C=O) groups excluding carboxylic acids is 1. The maximum atomic E-state index is 13.6. The highest BCUT2D eigenvalue weighted by Gasteiger charge is 2.56. The number of amides is 1. The molecule has 6 heteroatoms. The van der Waals surface area contributed by atoms with Crippen molar-refractivity contribution in [3.05, 3.63) is 22.8 Å². The third-order valence-electron chi connectivity index (χ3n) is 10.0. The van der Waals surface area contributed by atoms with Crippen LogP contribution in [0.4, 0.5) is 0 Å². The lowest BCUT2D eigenvalue weighted by atomic mass is 9.70. The summed E-state index contributed by atoms with van der Waals surface area (Å²) in [5, 5.41) is 0. The zero-order chi connectivity index (χ0) is 22.7. The van der Waals surface area contributed by atoms with Crippen molar-refractivity contribution in [2.24, 2.45) is 10.8 Å². The van der Waals surface area contributed by atoms with E-state index in [0.717, 1.165) is 31.4 Å². The Morgan fingerprint density at radius 1 is 0.938 bits per heavy atom. The molecule has 3 aliphatic heterocycles. The topological polar surface area (TPSA) is 42.0 Å². The molecule has 0 atom stereocenters. The van der Waals surface area contributed by atoms with Gasteiger partial charge in [-0.2, -0.15) is 0 Å². The highest BCUT2D eigenvalue weighted by atomic mass is 16.7. The van der Waals surface area contributed by atoms with Gasteiger partial charge in [0.1, 0.15) is 0 Å². The number of hydrogen-bond donors (Lipinski definition) is 0. The maximum Gasteiger partial charge on any atom is 0.490 e. The van der Waals surface area contributed by atoms with Crippen molar-refractivity contribution in [1.29, 1.82) is 0 Å². The molecule has 6 rings (SSSR count). The first-order valence-electron chi connectivity index (χ1n) is 12.8. The van der Waals surface area contributed by atoms with E-state index in [1.807, 2.05) is 0 Å². The summed E-state index contributed by atoms with van der Waals surface area (Å²) in [6.07, 6.45) is 10.6. The molecule has 0 aromatic carbocycles. The van der Waals surface area contributed by atoms with Gasteiger partial charge in [-0.25, -0.2) is 0 Å². The Balaban J connectivity index is 1.22. The quantitative estimate of drug-likeness (QED) is 0.610. The Hall–Kier alpha value is -1.11. The molecule has 2 saturated carbocycles. The summed E-state index contributed by atoms with van der Waals surface area (Å²) >= 11 is 0. The number of likely N-dealkylation sites (tertiary alicyclic amines) is 1. The predicted molar refractivity (Wildman–Crippen MR) is 126 cm³/mol. The van der Waals surface area contributed by atoms with Crippen molar-refractivity contribution in [1.82, 2.24) is 9.80 Å². The number of rotatable bonds is 3. The summed E-state index contributed by atoms with van der Waals surface area (Å²) in [6.45, 7) is 15.2.